The Kier molecular flexibility index (Phi) is 4.07. The zero-order valence-corrected chi connectivity index (χ0v) is 14.8. The Labute approximate surface area is 143 Å². The van der Waals surface area contributed by atoms with E-state index in [1.54, 1.807) is 11.3 Å². The van der Waals surface area contributed by atoms with Gasteiger partial charge in [0.25, 0.3) is 0 Å². The fourth-order valence-corrected chi connectivity index (χ4v) is 5.10. The molecule has 0 unspecified atom stereocenters. The van der Waals surface area contributed by atoms with Gasteiger partial charge in [-0.15, -0.1) is 11.3 Å². The Morgan fingerprint density at radius 2 is 2.23 bits per heavy atom. The second kappa shape index (κ2) is 6.04. The Hall–Kier alpha value is -0.750. The molecule has 22 heavy (non-hydrogen) atoms. The number of fused-ring (bicyclic) bond motifs is 1. The van der Waals surface area contributed by atoms with Gasteiger partial charge < -0.3 is 5.73 Å². The van der Waals surface area contributed by atoms with Crippen LogP contribution >= 0.6 is 27.3 Å². The third-order valence-corrected chi connectivity index (χ3v) is 6.43. The smallest absolute Gasteiger partial charge is 0.123 e. The highest BCUT2D eigenvalue weighted by molar-refractivity contribution is 9.10. The van der Waals surface area contributed by atoms with Crippen LogP contribution in [0, 0.1) is 11.8 Å². The molecule has 1 aliphatic heterocycles. The van der Waals surface area contributed by atoms with Gasteiger partial charge >= 0.3 is 0 Å². The van der Waals surface area contributed by atoms with Crippen LogP contribution in [0.2, 0.25) is 0 Å². The van der Waals surface area contributed by atoms with E-state index in [-0.39, 0.29) is 0 Å². The first kappa shape index (κ1) is 14.8. The van der Waals surface area contributed by atoms with Crippen LogP contribution in [0.15, 0.2) is 34.1 Å². The van der Waals surface area contributed by atoms with Crippen LogP contribution in [0.3, 0.4) is 0 Å². The molecule has 4 rings (SSSR count). The molecule has 1 aromatic heterocycles. The lowest BCUT2D eigenvalue weighted by molar-refractivity contribution is 0.295. The van der Waals surface area contributed by atoms with Gasteiger partial charge in [0.05, 0.1) is 5.69 Å². The summed E-state index contributed by atoms with van der Waals surface area (Å²) >= 11 is 5.26. The van der Waals surface area contributed by atoms with Crippen LogP contribution in [0.5, 0.6) is 0 Å². The number of rotatable bonds is 3. The summed E-state index contributed by atoms with van der Waals surface area (Å²) in [5.74, 6) is 1.53. The summed E-state index contributed by atoms with van der Waals surface area (Å²) < 4.78 is 1.10. The minimum Gasteiger partial charge on any atom is -0.327 e. The number of thiazole rings is 1. The summed E-state index contributed by atoms with van der Waals surface area (Å²) in [6, 6.07) is 8.77. The maximum absolute atomic E-state index is 6.23. The maximum atomic E-state index is 6.23. The molecular weight excluding hydrogens is 358 g/mol. The highest BCUT2D eigenvalue weighted by Gasteiger charge is 2.40. The van der Waals surface area contributed by atoms with Gasteiger partial charge in [0, 0.05) is 41.1 Å². The third-order valence-electron chi connectivity index (χ3n) is 5.00. The average molecular weight is 378 g/mol. The van der Waals surface area contributed by atoms with Crippen molar-refractivity contribution in [3.8, 4) is 10.6 Å². The molecule has 0 amide bonds. The zero-order valence-electron chi connectivity index (χ0n) is 12.4. The molecule has 3 atom stereocenters. The van der Waals surface area contributed by atoms with Crippen LogP contribution in [0.25, 0.3) is 10.6 Å². The molecular formula is C17H20BrN3S. The van der Waals surface area contributed by atoms with Crippen molar-refractivity contribution in [1.82, 2.24) is 9.88 Å². The monoisotopic (exact) mass is 377 g/mol. The molecule has 2 heterocycles. The Morgan fingerprint density at radius 1 is 1.32 bits per heavy atom. The quantitative estimate of drug-likeness (QED) is 0.885. The Morgan fingerprint density at radius 3 is 3.05 bits per heavy atom. The largest absolute Gasteiger partial charge is 0.327 e. The average Bonchev–Trinajstić information content (AvgIpc) is 3.18. The van der Waals surface area contributed by atoms with Crippen molar-refractivity contribution in [3.05, 3.63) is 39.8 Å². The number of hydrogen-bond donors (Lipinski definition) is 1. The molecule has 116 valence electrons. The van der Waals surface area contributed by atoms with E-state index in [1.165, 1.54) is 30.6 Å². The van der Waals surface area contributed by atoms with Crippen molar-refractivity contribution in [3.63, 3.8) is 0 Å². The second-order valence-corrected chi connectivity index (χ2v) is 8.29. The van der Waals surface area contributed by atoms with E-state index in [9.17, 15) is 0 Å². The van der Waals surface area contributed by atoms with Crippen molar-refractivity contribution in [2.45, 2.75) is 25.4 Å². The molecule has 2 fully saturated rings. The number of hydrogen-bond acceptors (Lipinski definition) is 4. The highest BCUT2D eigenvalue weighted by atomic mass is 79.9. The molecule has 5 heteroatoms. The molecule has 1 saturated heterocycles. The zero-order chi connectivity index (χ0) is 15.1. The summed E-state index contributed by atoms with van der Waals surface area (Å²) in [5, 5.41) is 3.30. The van der Waals surface area contributed by atoms with E-state index in [4.69, 9.17) is 10.7 Å². The Bertz CT molecular complexity index is 671. The van der Waals surface area contributed by atoms with Gasteiger partial charge in [-0.25, -0.2) is 4.98 Å². The van der Waals surface area contributed by atoms with Gasteiger partial charge in [-0.2, -0.15) is 0 Å². The number of benzene rings is 1. The number of halogens is 1. The van der Waals surface area contributed by atoms with Gasteiger partial charge in [-0.3, -0.25) is 4.90 Å². The van der Waals surface area contributed by atoms with Crippen LogP contribution in [-0.4, -0.2) is 29.0 Å². The molecule has 1 aromatic carbocycles. The predicted molar refractivity (Wildman–Crippen MR) is 94.7 cm³/mol. The normalized spacial score (nSPS) is 28.2. The summed E-state index contributed by atoms with van der Waals surface area (Å²) in [5.41, 5.74) is 8.60. The van der Waals surface area contributed by atoms with Gasteiger partial charge in [-0.05, 0) is 36.8 Å². The molecule has 2 N–H and O–H groups in total. The van der Waals surface area contributed by atoms with E-state index in [2.05, 4.69) is 44.4 Å². The first-order chi connectivity index (χ1) is 10.7. The lowest BCUT2D eigenvalue weighted by atomic mass is 9.98. The summed E-state index contributed by atoms with van der Waals surface area (Å²) in [4.78, 5) is 7.36. The van der Waals surface area contributed by atoms with Gasteiger partial charge in [0.15, 0.2) is 0 Å². The molecule has 0 spiro atoms. The van der Waals surface area contributed by atoms with Crippen molar-refractivity contribution in [2.75, 3.05) is 13.1 Å². The summed E-state index contributed by atoms with van der Waals surface area (Å²) in [6.07, 6.45) is 2.52. The van der Waals surface area contributed by atoms with Gasteiger partial charge in [0.1, 0.15) is 5.01 Å². The van der Waals surface area contributed by atoms with E-state index in [0.29, 0.717) is 12.0 Å². The fourth-order valence-electron chi connectivity index (χ4n) is 3.89. The summed E-state index contributed by atoms with van der Waals surface area (Å²) in [6.45, 7) is 3.31. The molecule has 2 aromatic rings. The topological polar surface area (TPSA) is 42.1 Å². The van der Waals surface area contributed by atoms with E-state index in [1.807, 2.05) is 6.07 Å². The SMILES string of the molecule is N[C@@H]1CC[C@@H]2CN(Cc3csc(-c4cccc(Br)c4)n3)C[C@H]21. The molecule has 3 nitrogen and oxygen atoms in total. The van der Waals surface area contributed by atoms with Crippen molar-refractivity contribution in [1.29, 1.82) is 0 Å². The standard InChI is InChI=1S/C17H20BrN3S/c18-13-3-1-2-11(6-13)17-20-14(10-22-17)8-21-7-12-4-5-16(19)15(12)9-21/h1-3,6,10,12,15-16H,4-5,7-9,19H2/t12-,15-,16-/m1/s1. The first-order valence-electron chi connectivity index (χ1n) is 7.87. The van der Waals surface area contributed by atoms with Crippen molar-refractivity contribution < 1.29 is 0 Å². The molecule has 1 aliphatic carbocycles. The highest BCUT2D eigenvalue weighted by Crippen LogP contribution is 2.37. The molecule has 2 aliphatic rings. The van der Waals surface area contributed by atoms with E-state index in [0.717, 1.165) is 28.5 Å². The van der Waals surface area contributed by atoms with Crippen LogP contribution in [-0.2, 0) is 6.54 Å². The van der Waals surface area contributed by atoms with Gasteiger partial charge in [0.2, 0.25) is 0 Å². The number of nitrogens with zero attached hydrogens (tertiary/aromatic N) is 2. The van der Waals surface area contributed by atoms with E-state index < -0.39 is 0 Å². The van der Waals surface area contributed by atoms with Crippen molar-refractivity contribution >= 4 is 27.3 Å². The lowest BCUT2D eigenvalue weighted by Crippen LogP contribution is -2.30. The lowest BCUT2D eigenvalue weighted by Gasteiger charge is -2.17. The molecule has 1 saturated carbocycles. The molecule has 0 bridgehead atoms. The van der Waals surface area contributed by atoms with Crippen LogP contribution < -0.4 is 5.73 Å². The number of aromatic nitrogens is 1. The van der Waals surface area contributed by atoms with Crippen molar-refractivity contribution in [2.24, 2.45) is 17.6 Å². The molecule has 0 radical (unpaired) electrons. The number of likely N-dealkylation sites (tertiary alicyclic amines) is 1. The minimum absolute atomic E-state index is 0.419. The fraction of sp³-hybridized carbons (Fsp3) is 0.471. The Balaban J connectivity index is 1.45. The van der Waals surface area contributed by atoms with Crippen LogP contribution in [0.4, 0.5) is 0 Å². The third kappa shape index (κ3) is 2.87. The van der Waals surface area contributed by atoms with Crippen LogP contribution in [0.1, 0.15) is 18.5 Å². The van der Waals surface area contributed by atoms with E-state index >= 15 is 0 Å². The second-order valence-electron chi connectivity index (χ2n) is 6.51. The number of nitrogens with two attached hydrogens (primary N) is 1. The minimum atomic E-state index is 0.419. The summed E-state index contributed by atoms with van der Waals surface area (Å²) in [7, 11) is 0. The maximum Gasteiger partial charge on any atom is 0.123 e. The van der Waals surface area contributed by atoms with Gasteiger partial charge in [-0.1, -0.05) is 28.1 Å². The predicted octanol–water partition coefficient (Wildman–Crippen LogP) is 3.74. The first-order valence-corrected chi connectivity index (χ1v) is 9.54.